The third kappa shape index (κ3) is 2.58. The van der Waals surface area contributed by atoms with Gasteiger partial charge in [0.15, 0.2) is 5.82 Å². The summed E-state index contributed by atoms with van der Waals surface area (Å²) in [6.45, 7) is 6.43. The first-order valence-electron chi connectivity index (χ1n) is 6.20. The highest BCUT2D eigenvalue weighted by Crippen LogP contribution is 2.35. The lowest BCUT2D eigenvalue weighted by Crippen LogP contribution is -2.27. The molecule has 2 heterocycles. The van der Waals surface area contributed by atoms with Crippen molar-refractivity contribution in [2.45, 2.75) is 33.1 Å². The zero-order valence-corrected chi connectivity index (χ0v) is 11.7. The third-order valence-electron chi connectivity index (χ3n) is 3.57. The Morgan fingerprint density at radius 1 is 1.39 bits per heavy atom. The van der Waals surface area contributed by atoms with Gasteiger partial charge in [-0.15, -0.1) is 0 Å². The molecule has 0 atom stereocenters. The van der Waals surface area contributed by atoms with Crippen LogP contribution in [0.25, 0.3) is 0 Å². The number of aromatic nitrogens is 1. The molecule has 2 rings (SSSR count). The number of anilines is 2. The third-order valence-corrected chi connectivity index (χ3v) is 4.50. The molecular formula is C12H20N4OS. The Kier molecular flexibility index (Phi) is 3.47. The average Bonchev–Trinajstić information content (AvgIpc) is 2.55. The smallest absolute Gasteiger partial charge is 0.255 e. The molecule has 18 heavy (non-hydrogen) atoms. The van der Waals surface area contributed by atoms with Gasteiger partial charge in [-0.1, -0.05) is 13.8 Å². The summed E-state index contributed by atoms with van der Waals surface area (Å²) in [6, 6.07) is 0. The maximum absolute atomic E-state index is 11.4. The van der Waals surface area contributed by atoms with E-state index in [1.807, 2.05) is 0 Å². The molecule has 100 valence electrons. The van der Waals surface area contributed by atoms with Crippen LogP contribution in [0.4, 0.5) is 10.8 Å². The first-order valence-corrected chi connectivity index (χ1v) is 6.98. The lowest BCUT2D eigenvalue weighted by molar-refractivity contribution is 0.100. The van der Waals surface area contributed by atoms with Crippen LogP contribution in [0.3, 0.4) is 0 Å². The molecule has 0 unspecified atom stereocenters. The van der Waals surface area contributed by atoms with Gasteiger partial charge in [0.05, 0.1) is 0 Å². The number of rotatable bonds is 2. The van der Waals surface area contributed by atoms with Gasteiger partial charge in [0.25, 0.3) is 5.91 Å². The molecule has 4 N–H and O–H groups in total. The molecule has 1 fully saturated rings. The van der Waals surface area contributed by atoms with Crippen LogP contribution >= 0.6 is 11.5 Å². The summed E-state index contributed by atoms with van der Waals surface area (Å²) < 4.78 is 4.06. The van der Waals surface area contributed by atoms with Gasteiger partial charge in [-0.3, -0.25) is 4.79 Å². The summed E-state index contributed by atoms with van der Waals surface area (Å²) in [7, 11) is 0. The minimum Gasteiger partial charge on any atom is -0.382 e. The van der Waals surface area contributed by atoms with Gasteiger partial charge < -0.3 is 16.4 Å². The van der Waals surface area contributed by atoms with Crippen LogP contribution in [-0.2, 0) is 0 Å². The molecule has 0 bridgehead atoms. The predicted octanol–water partition coefficient (Wildman–Crippen LogP) is 1.84. The van der Waals surface area contributed by atoms with Gasteiger partial charge in [0, 0.05) is 13.1 Å². The Morgan fingerprint density at radius 3 is 2.78 bits per heavy atom. The van der Waals surface area contributed by atoms with Gasteiger partial charge in [-0.05, 0) is 36.2 Å². The number of carbonyl (C=O) groups excluding carboxylic acids is 1. The number of hydrogen-bond acceptors (Lipinski definition) is 5. The average molecular weight is 268 g/mol. The fourth-order valence-electron chi connectivity index (χ4n) is 2.37. The summed E-state index contributed by atoms with van der Waals surface area (Å²) >= 11 is 1.27. The van der Waals surface area contributed by atoms with E-state index in [0.717, 1.165) is 30.9 Å². The number of hydrogen-bond donors (Lipinski definition) is 2. The fraction of sp³-hybridized carbons (Fsp3) is 0.667. The van der Waals surface area contributed by atoms with Gasteiger partial charge in [-0.2, -0.15) is 4.37 Å². The minimum absolute atomic E-state index is 0.256. The molecular weight excluding hydrogens is 248 g/mol. The lowest BCUT2D eigenvalue weighted by Gasteiger charge is -2.23. The maximum atomic E-state index is 11.4. The van der Waals surface area contributed by atoms with E-state index < -0.39 is 5.91 Å². The van der Waals surface area contributed by atoms with E-state index in [1.54, 1.807) is 0 Å². The van der Waals surface area contributed by atoms with Gasteiger partial charge in [0.1, 0.15) is 10.6 Å². The first-order chi connectivity index (χ1) is 8.41. The number of carbonyl (C=O) groups is 1. The van der Waals surface area contributed by atoms with Crippen molar-refractivity contribution in [2.75, 3.05) is 23.7 Å². The topological polar surface area (TPSA) is 85.2 Å². The van der Waals surface area contributed by atoms with Crippen molar-refractivity contribution < 1.29 is 4.79 Å². The molecule has 1 aromatic rings. The summed E-state index contributed by atoms with van der Waals surface area (Å²) in [5, 5.41) is 0.831. The van der Waals surface area contributed by atoms with E-state index >= 15 is 0 Å². The summed E-state index contributed by atoms with van der Waals surface area (Å²) in [5.74, 6) is -0.231. The second kappa shape index (κ2) is 4.76. The molecule has 0 aliphatic carbocycles. The molecule has 0 aromatic carbocycles. The summed E-state index contributed by atoms with van der Waals surface area (Å²) in [4.78, 5) is 13.6. The Hall–Kier alpha value is -1.30. The largest absolute Gasteiger partial charge is 0.382 e. The van der Waals surface area contributed by atoms with Crippen LogP contribution in [-0.4, -0.2) is 23.4 Å². The van der Waals surface area contributed by atoms with Crippen molar-refractivity contribution in [2.24, 2.45) is 11.1 Å². The molecule has 1 aromatic heterocycles. The van der Waals surface area contributed by atoms with E-state index in [9.17, 15) is 4.79 Å². The van der Waals surface area contributed by atoms with Crippen molar-refractivity contribution in [1.29, 1.82) is 0 Å². The Bertz CT molecular complexity index is 455. The minimum atomic E-state index is -0.486. The molecule has 5 nitrogen and oxygen atoms in total. The number of nitrogens with two attached hydrogens (primary N) is 2. The molecule has 0 radical (unpaired) electrons. The van der Waals surface area contributed by atoms with E-state index in [4.69, 9.17) is 11.5 Å². The molecule has 1 saturated heterocycles. The summed E-state index contributed by atoms with van der Waals surface area (Å²) in [6.07, 6.45) is 3.41. The highest BCUT2D eigenvalue weighted by Gasteiger charge is 2.27. The molecule has 1 aliphatic rings. The number of amides is 1. The van der Waals surface area contributed by atoms with Crippen molar-refractivity contribution in [3.05, 3.63) is 5.56 Å². The van der Waals surface area contributed by atoms with E-state index in [1.165, 1.54) is 18.0 Å². The quantitative estimate of drug-likeness (QED) is 0.857. The van der Waals surface area contributed by atoms with E-state index in [-0.39, 0.29) is 5.82 Å². The normalized spacial score (nSPS) is 19.6. The second-order valence-corrected chi connectivity index (χ2v) is 6.37. The monoisotopic (exact) mass is 268 g/mol. The predicted molar refractivity (Wildman–Crippen MR) is 74.9 cm³/mol. The van der Waals surface area contributed by atoms with Crippen LogP contribution in [0, 0.1) is 5.41 Å². The second-order valence-electron chi connectivity index (χ2n) is 5.62. The highest BCUT2D eigenvalue weighted by atomic mass is 32.1. The Balaban J connectivity index is 2.24. The fourth-order valence-corrected chi connectivity index (χ4v) is 3.24. The zero-order valence-electron chi connectivity index (χ0n) is 10.9. The Labute approximate surface area is 111 Å². The number of primary amides is 1. The van der Waals surface area contributed by atoms with E-state index in [0.29, 0.717) is 11.0 Å². The highest BCUT2D eigenvalue weighted by molar-refractivity contribution is 7.11. The van der Waals surface area contributed by atoms with Crippen LogP contribution in [0.15, 0.2) is 0 Å². The van der Waals surface area contributed by atoms with Crippen molar-refractivity contribution >= 4 is 28.3 Å². The SMILES string of the molecule is CC1(C)CCCN(c2snc(N)c2C(N)=O)CC1. The van der Waals surface area contributed by atoms with Crippen LogP contribution in [0.1, 0.15) is 43.5 Å². The van der Waals surface area contributed by atoms with Crippen molar-refractivity contribution in [3.63, 3.8) is 0 Å². The molecule has 6 heteroatoms. The van der Waals surface area contributed by atoms with Crippen LogP contribution in [0.5, 0.6) is 0 Å². The molecule has 0 saturated carbocycles. The van der Waals surface area contributed by atoms with Crippen LogP contribution in [0.2, 0.25) is 0 Å². The first kappa shape index (κ1) is 13.1. The number of nitrogens with zero attached hydrogens (tertiary/aromatic N) is 2. The maximum Gasteiger partial charge on any atom is 0.255 e. The molecule has 1 amide bonds. The zero-order chi connectivity index (χ0) is 13.3. The summed E-state index contributed by atoms with van der Waals surface area (Å²) in [5.41, 5.74) is 11.8. The standard InChI is InChI=1S/C12H20N4OS/c1-12(2)4-3-6-16(7-5-12)11-8(10(14)17)9(13)15-18-11/h3-7H2,1-2H3,(H2,13,15)(H2,14,17). The van der Waals surface area contributed by atoms with Gasteiger partial charge in [0.2, 0.25) is 0 Å². The lowest BCUT2D eigenvalue weighted by atomic mass is 9.85. The van der Waals surface area contributed by atoms with Crippen molar-refractivity contribution in [1.82, 2.24) is 4.37 Å². The van der Waals surface area contributed by atoms with E-state index in [2.05, 4.69) is 23.1 Å². The van der Waals surface area contributed by atoms with Crippen LogP contribution < -0.4 is 16.4 Å². The van der Waals surface area contributed by atoms with Gasteiger partial charge >= 0.3 is 0 Å². The van der Waals surface area contributed by atoms with Crippen molar-refractivity contribution in [3.8, 4) is 0 Å². The molecule has 1 aliphatic heterocycles. The van der Waals surface area contributed by atoms with Gasteiger partial charge in [-0.25, -0.2) is 0 Å². The number of nitrogen functional groups attached to an aromatic ring is 1. The molecule has 0 spiro atoms. The Morgan fingerprint density at radius 2 is 2.11 bits per heavy atom.